The van der Waals surface area contributed by atoms with Gasteiger partial charge in [0.2, 0.25) is 0 Å². The summed E-state index contributed by atoms with van der Waals surface area (Å²) in [5.41, 5.74) is 1.03. The molecule has 1 aromatic rings. The van der Waals surface area contributed by atoms with Crippen LogP contribution in [0, 0.1) is 0 Å². The zero-order valence-electron chi connectivity index (χ0n) is 12.1. The first kappa shape index (κ1) is 16.9. The Hall–Kier alpha value is -1.20. The molecule has 0 saturated carbocycles. The van der Waals surface area contributed by atoms with Crippen LogP contribution in [0.5, 0.6) is 0 Å². The first-order valence-electron chi connectivity index (χ1n) is 6.92. The molecule has 0 radical (unpaired) electrons. The number of carboxylic acids is 1. The lowest BCUT2D eigenvalue weighted by Crippen LogP contribution is -2.10. The minimum atomic E-state index is -0.892. The molecule has 0 aliphatic rings. The number of ether oxygens (including phenoxy) is 1. The molecule has 0 spiro atoms. The molecule has 0 fully saturated rings. The molecule has 112 valence electrons. The lowest BCUT2D eigenvalue weighted by molar-refractivity contribution is 0.0694. The van der Waals surface area contributed by atoms with Crippen molar-refractivity contribution >= 4 is 23.4 Å². The van der Waals surface area contributed by atoms with Gasteiger partial charge in [-0.15, -0.1) is 11.8 Å². The second-order valence-electron chi connectivity index (χ2n) is 4.43. The summed E-state index contributed by atoms with van der Waals surface area (Å²) in [5.74, 6) is -0.892. The summed E-state index contributed by atoms with van der Waals surface area (Å²) < 4.78 is 5.47. The number of anilines is 1. The van der Waals surface area contributed by atoms with Gasteiger partial charge in [0.25, 0.3) is 0 Å². The van der Waals surface area contributed by atoms with Gasteiger partial charge < -0.3 is 15.2 Å². The van der Waals surface area contributed by atoms with Crippen LogP contribution in [-0.4, -0.2) is 37.1 Å². The van der Waals surface area contributed by atoms with Crippen molar-refractivity contribution < 1.29 is 14.6 Å². The first-order valence-corrected chi connectivity index (χ1v) is 8.15. The largest absolute Gasteiger partial charge is 0.478 e. The number of hydrogen-bond donors (Lipinski definition) is 2. The van der Waals surface area contributed by atoms with E-state index in [2.05, 4.69) is 12.2 Å². The first-order chi connectivity index (χ1) is 9.70. The van der Waals surface area contributed by atoms with Gasteiger partial charge in [0.05, 0.1) is 5.56 Å². The molecule has 0 aliphatic heterocycles. The molecule has 0 aromatic heterocycles. The van der Waals surface area contributed by atoms with E-state index in [1.807, 2.05) is 18.4 Å². The van der Waals surface area contributed by atoms with Crippen LogP contribution in [0.1, 0.15) is 36.5 Å². The number of nitrogens with one attached hydrogen (secondary N) is 1. The van der Waals surface area contributed by atoms with Gasteiger partial charge in [0.1, 0.15) is 0 Å². The van der Waals surface area contributed by atoms with Crippen LogP contribution >= 0.6 is 11.8 Å². The summed E-state index contributed by atoms with van der Waals surface area (Å²) in [6.45, 7) is 4.36. The van der Waals surface area contributed by atoms with Crippen LogP contribution in [0.3, 0.4) is 0 Å². The highest BCUT2D eigenvalue weighted by Gasteiger charge is 2.14. The third-order valence-corrected chi connectivity index (χ3v) is 3.66. The molecular weight excluding hydrogens is 274 g/mol. The van der Waals surface area contributed by atoms with Gasteiger partial charge in [0, 0.05) is 30.3 Å². The Bertz CT molecular complexity index is 424. The van der Waals surface area contributed by atoms with Gasteiger partial charge in [-0.3, -0.25) is 0 Å². The molecule has 0 bridgehead atoms. The molecule has 1 rings (SSSR count). The van der Waals surface area contributed by atoms with E-state index in [1.54, 1.807) is 6.07 Å². The number of carbonyl (C=O) groups is 1. The molecule has 0 saturated heterocycles. The van der Waals surface area contributed by atoms with Crippen molar-refractivity contribution in [2.75, 3.05) is 31.3 Å². The van der Waals surface area contributed by atoms with Crippen LogP contribution in [-0.2, 0) is 4.74 Å². The van der Waals surface area contributed by atoms with E-state index >= 15 is 0 Å². The maximum atomic E-state index is 11.3. The van der Waals surface area contributed by atoms with Gasteiger partial charge in [-0.2, -0.15) is 0 Å². The van der Waals surface area contributed by atoms with Crippen LogP contribution in [0.2, 0.25) is 0 Å². The van der Waals surface area contributed by atoms with Crippen molar-refractivity contribution in [3.63, 3.8) is 0 Å². The Morgan fingerprint density at radius 2 is 2.10 bits per heavy atom. The minimum Gasteiger partial charge on any atom is -0.478 e. The predicted molar refractivity (Wildman–Crippen MR) is 84.0 cm³/mol. The zero-order chi connectivity index (χ0) is 14.8. The average Bonchev–Trinajstić information content (AvgIpc) is 2.45. The highest BCUT2D eigenvalue weighted by molar-refractivity contribution is 7.98. The maximum Gasteiger partial charge on any atom is 0.338 e. The molecule has 0 atom stereocenters. The van der Waals surface area contributed by atoms with Crippen LogP contribution < -0.4 is 5.32 Å². The molecular formula is C15H23NO3S. The average molecular weight is 297 g/mol. The molecule has 1 aromatic carbocycles. The number of carboxylic acid groups (broad SMARTS) is 1. The lowest BCUT2D eigenvalue weighted by Gasteiger charge is -2.12. The van der Waals surface area contributed by atoms with Gasteiger partial charge >= 0.3 is 5.97 Å². The summed E-state index contributed by atoms with van der Waals surface area (Å²) in [4.78, 5) is 12.1. The fourth-order valence-corrected chi connectivity index (χ4v) is 2.43. The number of aromatic carboxylic acids is 1. The molecule has 0 amide bonds. The van der Waals surface area contributed by atoms with Crippen molar-refractivity contribution in [2.24, 2.45) is 0 Å². The normalized spacial score (nSPS) is 10.5. The summed E-state index contributed by atoms with van der Waals surface area (Å²) in [7, 11) is 0. The van der Waals surface area contributed by atoms with E-state index in [4.69, 9.17) is 4.74 Å². The van der Waals surface area contributed by atoms with E-state index in [0.29, 0.717) is 24.4 Å². The van der Waals surface area contributed by atoms with Crippen molar-refractivity contribution in [2.45, 2.75) is 31.1 Å². The highest BCUT2D eigenvalue weighted by atomic mass is 32.2. The number of rotatable bonds is 10. The van der Waals surface area contributed by atoms with Gasteiger partial charge in [-0.05, 0) is 31.2 Å². The van der Waals surface area contributed by atoms with Gasteiger partial charge in [-0.1, -0.05) is 19.4 Å². The Kier molecular flexibility index (Phi) is 8.14. The van der Waals surface area contributed by atoms with E-state index in [-0.39, 0.29) is 0 Å². The Morgan fingerprint density at radius 3 is 2.75 bits per heavy atom. The molecule has 2 N–H and O–H groups in total. The molecule has 5 heteroatoms. The summed E-state index contributed by atoms with van der Waals surface area (Å²) in [6.07, 6.45) is 4.98. The lowest BCUT2D eigenvalue weighted by atomic mass is 10.1. The standard InChI is InChI=1S/C15H23NO3S/c1-3-4-10-19-11-6-9-16-12-7-5-8-13(20-2)14(12)15(17)18/h5,7-8,16H,3-4,6,9-11H2,1-2H3,(H,17,18). The summed E-state index contributed by atoms with van der Waals surface area (Å²) in [5, 5.41) is 12.5. The highest BCUT2D eigenvalue weighted by Crippen LogP contribution is 2.27. The monoisotopic (exact) mass is 297 g/mol. The third kappa shape index (κ3) is 5.43. The Labute approximate surface area is 124 Å². The summed E-state index contributed by atoms with van der Waals surface area (Å²) in [6, 6.07) is 5.51. The second-order valence-corrected chi connectivity index (χ2v) is 5.28. The predicted octanol–water partition coefficient (Wildman–Crippen LogP) is 3.73. The van der Waals surface area contributed by atoms with Crippen LogP contribution in [0.4, 0.5) is 5.69 Å². The smallest absolute Gasteiger partial charge is 0.338 e. The molecule has 0 unspecified atom stereocenters. The molecule has 0 heterocycles. The van der Waals surface area contributed by atoms with E-state index in [0.717, 1.165) is 30.8 Å². The molecule has 0 aliphatic carbocycles. The Balaban J connectivity index is 2.45. The Morgan fingerprint density at radius 1 is 1.35 bits per heavy atom. The quantitative estimate of drug-likeness (QED) is 0.509. The molecule has 20 heavy (non-hydrogen) atoms. The summed E-state index contributed by atoms with van der Waals surface area (Å²) >= 11 is 1.45. The van der Waals surface area contributed by atoms with Gasteiger partial charge in [0.15, 0.2) is 0 Å². The van der Waals surface area contributed by atoms with Crippen molar-refractivity contribution in [3.8, 4) is 0 Å². The van der Waals surface area contributed by atoms with Crippen LogP contribution in [0.25, 0.3) is 0 Å². The van der Waals surface area contributed by atoms with Crippen molar-refractivity contribution in [3.05, 3.63) is 23.8 Å². The minimum absolute atomic E-state index is 0.354. The van der Waals surface area contributed by atoms with Crippen molar-refractivity contribution in [1.29, 1.82) is 0 Å². The number of unbranched alkanes of at least 4 members (excludes halogenated alkanes) is 1. The second kappa shape index (κ2) is 9.66. The van der Waals surface area contributed by atoms with E-state index in [1.165, 1.54) is 11.8 Å². The zero-order valence-corrected chi connectivity index (χ0v) is 13.0. The fourth-order valence-electron chi connectivity index (χ4n) is 1.81. The van der Waals surface area contributed by atoms with E-state index < -0.39 is 5.97 Å². The number of thioether (sulfide) groups is 1. The van der Waals surface area contributed by atoms with Crippen LogP contribution in [0.15, 0.2) is 23.1 Å². The van der Waals surface area contributed by atoms with Gasteiger partial charge in [-0.25, -0.2) is 4.79 Å². The number of hydrogen-bond acceptors (Lipinski definition) is 4. The van der Waals surface area contributed by atoms with E-state index in [9.17, 15) is 9.90 Å². The third-order valence-electron chi connectivity index (χ3n) is 2.88. The fraction of sp³-hybridized carbons (Fsp3) is 0.533. The molecule has 4 nitrogen and oxygen atoms in total. The topological polar surface area (TPSA) is 58.6 Å². The van der Waals surface area contributed by atoms with Crippen molar-refractivity contribution in [1.82, 2.24) is 0 Å². The maximum absolute atomic E-state index is 11.3. The SMILES string of the molecule is CCCCOCCCNc1cccc(SC)c1C(=O)O. The number of benzene rings is 1.